The quantitative estimate of drug-likeness (QED) is 0.426. The second kappa shape index (κ2) is 4.56. The molecule has 0 aliphatic carbocycles. The Labute approximate surface area is 126 Å². The van der Waals surface area contributed by atoms with Gasteiger partial charge in [0.25, 0.3) is 0 Å². The van der Waals surface area contributed by atoms with Gasteiger partial charge in [-0.05, 0) is 16.2 Å². The molecule has 1 aliphatic rings. The van der Waals surface area contributed by atoms with Crippen LogP contribution < -0.4 is 10.1 Å². The Hall–Kier alpha value is -2.88. The van der Waals surface area contributed by atoms with E-state index in [9.17, 15) is 9.59 Å². The minimum absolute atomic E-state index is 0.257. The molecule has 1 aliphatic heterocycles. The number of ether oxygens (including phenoxy) is 1. The van der Waals surface area contributed by atoms with E-state index in [0.29, 0.717) is 5.75 Å². The molecule has 0 radical (unpaired) electrons. The van der Waals surface area contributed by atoms with Gasteiger partial charge in [0.2, 0.25) is 5.91 Å². The number of hydrogen-bond donors (Lipinski definition) is 1. The van der Waals surface area contributed by atoms with Crippen LogP contribution in [0.25, 0.3) is 21.5 Å². The van der Waals surface area contributed by atoms with Gasteiger partial charge in [-0.1, -0.05) is 48.5 Å². The Kier molecular flexibility index (Phi) is 2.66. The number of rotatable bonds is 1. The van der Waals surface area contributed by atoms with Crippen molar-refractivity contribution in [1.82, 2.24) is 5.32 Å². The molecular weight excluding hydrogens is 278 g/mol. The largest absolute Gasteiger partial charge is 0.424 e. The highest BCUT2D eigenvalue weighted by Gasteiger charge is 2.37. The molecule has 1 amide bonds. The molecule has 3 aromatic carbocycles. The number of nitrogens with one attached hydrogen (secondary N) is 1. The number of esters is 1. The lowest BCUT2D eigenvalue weighted by molar-refractivity contribution is -0.137. The zero-order valence-corrected chi connectivity index (χ0v) is 11.9. The van der Waals surface area contributed by atoms with Crippen molar-refractivity contribution in [1.29, 1.82) is 0 Å². The molecule has 3 aromatic rings. The molecule has 4 rings (SSSR count). The molecule has 0 saturated carbocycles. The van der Waals surface area contributed by atoms with Crippen molar-refractivity contribution in [2.24, 2.45) is 0 Å². The standard InChI is InChI=1S/C18H13NO3/c1-10(20)19-16-15-13-8-4-2-6-11(13)12-7-3-5-9-14(12)17(15)22-18(16)21/h2-9,16H,1H3,(H,19,20). The smallest absolute Gasteiger partial charge is 0.338 e. The Bertz CT molecular complexity index is 946. The fraction of sp³-hybridized carbons (Fsp3) is 0.111. The van der Waals surface area contributed by atoms with Crippen molar-refractivity contribution < 1.29 is 14.3 Å². The second-order valence-corrected chi connectivity index (χ2v) is 5.39. The normalized spacial score (nSPS) is 16.6. The fourth-order valence-corrected chi connectivity index (χ4v) is 3.14. The third-order valence-corrected chi connectivity index (χ3v) is 4.00. The van der Waals surface area contributed by atoms with E-state index >= 15 is 0 Å². The van der Waals surface area contributed by atoms with E-state index < -0.39 is 12.0 Å². The summed E-state index contributed by atoms with van der Waals surface area (Å²) in [5, 5.41) is 6.59. The summed E-state index contributed by atoms with van der Waals surface area (Å²) in [6, 6.07) is 14.9. The van der Waals surface area contributed by atoms with Gasteiger partial charge in [0.05, 0.1) is 0 Å². The first-order chi connectivity index (χ1) is 10.7. The molecule has 0 bridgehead atoms. The van der Waals surface area contributed by atoms with Crippen molar-refractivity contribution in [2.45, 2.75) is 13.0 Å². The Morgan fingerprint density at radius 1 is 0.955 bits per heavy atom. The fourth-order valence-electron chi connectivity index (χ4n) is 3.14. The Morgan fingerprint density at radius 2 is 1.50 bits per heavy atom. The third kappa shape index (κ3) is 1.70. The summed E-state index contributed by atoms with van der Waals surface area (Å²) in [7, 11) is 0. The summed E-state index contributed by atoms with van der Waals surface area (Å²) in [5.41, 5.74) is 0.745. The van der Waals surface area contributed by atoms with E-state index in [1.807, 2.05) is 48.5 Å². The highest BCUT2D eigenvalue weighted by molar-refractivity contribution is 6.15. The van der Waals surface area contributed by atoms with E-state index in [4.69, 9.17) is 4.74 Å². The van der Waals surface area contributed by atoms with Crippen molar-refractivity contribution in [3.8, 4) is 5.75 Å². The Balaban J connectivity index is 2.14. The topological polar surface area (TPSA) is 55.4 Å². The van der Waals surface area contributed by atoms with Gasteiger partial charge in [0, 0.05) is 17.9 Å². The van der Waals surface area contributed by atoms with Crippen LogP contribution in [0, 0.1) is 0 Å². The summed E-state index contributed by atoms with van der Waals surface area (Å²) >= 11 is 0. The number of carbonyl (C=O) groups is 2. The molecule has 1 atom stereocenters. The SMILES string of the molecule is CC(=O)NC1C(=O)Oc2c1c1ccccc1c1ccccc21. The minimum atomic E-state index is -0.748. The van der Waals surface area contributed by atoms with Crippen LogP contribution in [0.5, 0.6) is 5.75 Å². The molecule has 0 fully saturated rings. The lowest BCUT2D eigenvalue weighted by atomic mass is 9.93. The van der Waals surface area contributed by atoms with Crippen LogP contribution in [0.2, 0.25) is 0 Å². The summed E-state index contributed by atoms with van der Waals surface area (Å²) in [6.07, 6.45) is 0. The third-order valence-electron chi connectivity index (χ3n) is 4.00. The van der Waals surface area contributed by atoms with Gasteiger partial charge in [-0.3, -0.25) is 4.79 Å². The van der Waals surface area contributed by atoms with Crippen LogP contribution in [-0.4, -0.2) is 11.9 Å². The molecule has 4 nitrogen and oxygen atoms in total. The first kappa shape index (κ1) is 12.8. The van der Waals surface area contributed by atoms with Crippen LogP contribution in [0.3, 0.4) is 0 Å². The van der Waals surface area contributed by atoms with Gasteiger partial charge < -0.3 is 10.1 Å². The highest BCUT2D eigenvalue weighted by Crippen LogP contribution is 2.45. The summed E-state index contributed by atoms with van der Waals surface area (Å²) < 4.78 is 5.49. The van der Waals surface area contributed by atoms with Crippen molar-refractivity contribution >= 4 is 33.4 Å². The van der Waals surface area contributed by atoms with Gasteiger partial charge in [0.1, 0.15) is 5.75 Å². The predicted molar refractivity (Wildman–Crippen MR) is 83.6 cm³/mol. The first-order valence-electron chi connectivity index (χ1n) is 7.09. The number of hydrogen-bond acceptors (Lipinski definition) is 3. The van der Waals surface area contributed by atoms with Gasteiger partial charge >= 0.3 is 5.97 Å². The Morgan fingerprint density at radius 3 is 2.14 bits per heavy atom. The van der Waals surface area contributed by atoms with Crippen molar-refractivity contribution in [3.63, 3.8) is 0 Å². The van der Waals surface area contributed by atoms with Crippen molar-refractivity contribution in [3.05, 3.63) is 54.1 Å². The number of fused-ring (bicyclic) bond motifs is 6. The van der Waals surface area contributed by atoms with E-state index in [1.165, 1.54) is 6.92 Å². The summed E-state index contributed by atoms with van der Waals surface area (Å²) in [6.45, 7) is 1.40. The van der Waals surface area contributed by atoms with Gasteiger partial charge in [-0.15, -0.1) is 0 Å². The molecule has 108 valence electrons. The summed E-state index contributed by atoms with van der Waals surface area (Å²) in [5.74, 6) is -0.142. The van der Waals surface area contributed by atoms with Gasteiger partial charge in [-0.25, -0.2) is 4.79 Å². The van der Waals surface area contributed by atoms with Crippen LogP contribution in [0.15, 0.2) is 48.5 Å². The van der Waals surface area contributed by atoms with Crippen LogP contribution in [-0.2, 0) is 9.59 Å². The zero-order valence-electron chi connectivity index (χ0n) is 11.9. The van der Waals surface area contributed by atoms with Crippen LogP contribution >= 0.6 is 0 Å². The number of carbonyl (C=O) groups excluding carboxylic acids is 2. The maximum atomic E-state index is 12.2. The number of amides is 1. The molecule has 0 spiro atoms. The van der Waals surface area contributed by atoms with E-state index in [2.05, 4.69) is 5.32 Å². The highest BCUT2D eigenvalue weighted by atomic mass is 16.5. The first-order valence-corrected chi connectivity index (χ1v) is 7.09. The van der Waals surface area contributed by atoms with E-state index in [1.54, 1.807) is 0 Å². The average Bonchev–Trinajstić information content (AvgIpc) is 2.84. The van der Waals surface area contributed by atoms with E-state index in [0.717, 1.165) is 27.1 Å². The maximum absolute atomic E-state index is 12.2. The molecule has 0 saturated heterocycles. The van der Waals surface area contributed by atoms with Crippen LogP contribution in [0.4, 0.5) is 0 Å². The van der Waals surface area contributed by atoms with E-state index in [-0.39, 0.29) is 5.91 Å². The summed E-state index contributed by atoms with van der Waals surface area (Å²) in [4.78, 5) is 23.7. The average molecular weight is 291 g/mol. The molecule has 4 heteroatoms. The zero-order chi connectivity index (χ0) is 15.3. The molecule has 0 aromatic heterocycles. The molecular formula is C18H13NO3. The predicted octanol–water partition coefficient (Wildman–Crippen LogP) is 3.09. The molecule has 1 heterocycles. The molecule has 22 heavy (non-hydrogen) atoms. The molecule has 1 N–H and O–H groups in total. The lowest BCUT2D eigenvalue weighted by Gasteiger charge is -2.13. The van der Waals surface area contributed by atoms with Gasteiger partial charge in [-0.2, -0.15) is 0 Å². The van der Waals surface area contributed by atoms with Crippen LogP contribution in [0.1, 0.15) is 18.5 Å². The number of benzene rings is 3. The lowest BCUT2D eigenvalue weighted by Crippen LogP contribution is -2.30. The monoisotopic (exact) mass is 291 g/mol. The van der Waals surface area contributed by atoms with Gasteiger partial charge in [0.15, 0.2) is 6.04 Å². The molecule has 1 unspecified atom stereocenters. The second-order valence-electron chi connectivity index (χ2n) is 5.39. The van der Waals surface area contributed by atoms with Crippen molar-refractivity contribution in [2.75, 3.05) is 0 Å². The minimum Gasteiger partial charge on any atom is -0.424 e. The maximum Gasteiger partial charge on any atom is 0.338 e.